The van der Waals surface area contributed by atoms with Crippen LogP contribution in [0.5, 0.6) is 5.75 Å². The summed E-state index contributed by atoms with van der Waals surface area (Å²) in [6.07, 6.45) is 19.0. The van der Waals surface area contributed by atoms with Gasteiger partial charge in [-0.3, -0.25) is 0 Å². The lowest BCUT2D eigenvalue weighted by molar-refractivity contribution is 0.230. The molecule has 0 saturated heterocycles. The molecule has 0 saturated carbocycles. The van der Waals surface area contributed by atoms with Gasteiger partial charge in [-0.25, -0.2) is 0 Å². The highest BCUT2D eigenvalue weighted by Gasteiger charge is 2.36. The summed E-state index contributed by atoms with van der Waals surface area (Å²) in [5.41, 5.74) is 0. The molecule has 186 valence electrons. The van der Waals surface area contributed by atoms with Crippen molar-refractivity contribution in [3.05, 3.63) is 27.2 Å². The first-order valence-corrected chi connectivity index (χ1v) is 16.3. The summed E-state index contributed by atoms with van der Waals surface area (Å²) in [5.74, 6) is 0.581. The zero-order chi connectivity index (χ0) is 23.7. The molecular formula is C26H45Cl3O2Si. The van der Waals surface area contributed by atoms with Crippen LogP contribution < -0.4 is 4.43 Å². The van der Waals surface area contributed by atoms with Gasteiger partial charge in [0.15, 0.2) is 0 Å². The van der Waals surface area contributed by atoms with E-state index in [1.807, 2.05) is 0 Å². The molecule has 6 heteroatoms. The van der Waals surface area contributed by atoms with E-state index in [-0.39, 0.29) is 0 Å². The van der Waals surface area contributed by atoms with Crippen LogP contribution in [-0.2, 0) is 4.43 Å². The van der Waals surface area contributed by atoms with Crippen LogP contribution >= 0.6 is 34.8 Å². The van der Waals surface area contributed by atoms with Crippen LogP contribution in [0.3, 0.4) is 0 Å². The van der Waals surface area contributed by atoms with E-state index in [1.165, 1.54) is 83.5 Å². The molecule has 0 radical (unpaired) electrons. The summed E-state index contributed by atoms with van der Waals surface area (Å²) >= 11 is 18.5. The Balaban J connectivity index is 2.15. The minimum absolute atomic E-state index is 0.438. The highest BCUT2D eigenvalue weighted by Crippen LogP contribution is 2.36. The van der Waals surface area contributed by atoms with E-state index in [9.17, 15) is 0 Å². The van der Waals surface area contributed by atoms with E-state index >= 15 is 0 Å². The van der Waals surface area contributed by atoms with Crippen molar-refractivity contribution in [2.75, 3.05) is 6.61 Å². The molecule has 1 aromatic rings. The largest absolute Gasteiger partial charge is 0.519 e. The Bertz CT molecular complexity index is 609. The van der Waals surface area contributed by atoms with Crippen molar-refractivity contribution in [1.82, 2.24) is 0 Å². The van der Waals surface area contributed by atoms with Crippen molar-refractivity contribution >= 4 is 43.4 Å². The number of benzene rings is 1. The van der Waals surface area contributed by atoms with Gasteiger partial charge >= 0.3 is 8.56 Å². The van der Waals surface area contributed by atoms with Gasteiger partial charge in [0.1, 0.15) is 5.75 Å². The highest BCUT2D eigenvalue weighted by molar-refractivity contribution is 6.68. The van der Waals surface area contributed by atoms with E-state index in [2.05, 4.69) is 20.8 Å². The van der Waals surface area contributed by atoms with Crippen molar-refractivity contribution in [1.29, 1.82) is 0 Å². The fourth-order valence-electron chi connectivity index (χ4n) is 3.97. The van der Waals surface area contributed by atoms with Crippen molar-refractivity contribution in [3.8, 4) is 5.75 Å². The third kappa shape index (κ3) is 12.5. The molecule has 0 aliphatic rings. The van der Waals surface area contributed by atoms with Gasteiger partial charge in [-0.05, 0) is 24.6 Å². The van der Waals surface area contributed by atoms with Crippen LogP contribution in [0.1, 0.15) is 111 Å². The lowest BCUT2D eigenvalue weighted by Crippen LogP contribution is -2.44. The smallest absolute Gasteiger partial charge is 0.398 e. The molecule has 0 aromatic heterocycles. The van der Waals surface area contributed by atoms with Gasteiger partial charge in [-0.1, -0.05) is 139 Å². The summed E-state index contributed by atoms with van der Waals surface area (Å²) in [6, 6.07) is 5.09. The van der Waals surface area contributed by atoms with Crippen molar-refractivity contribution in [3.63, 3.8) is 0 Å². The molecule has 0 unspecified atom stereocenters. The first-order chi connectivity index (χ1) is 15.5. The van der Waals surface area contributed by atoms with Crippen molar-refractivity contribution in [2.24, 2.45) is 0 Å². The number of rotatable bonds is 20. The predicted molar refractivity (Wildman–Crippen MR) is 145 cm³/mol. The molecule has 32 heavy (non-hydrogen) atoms. The minimum atomic E-state index is -2.35. The van der Waals surface area contributed by atoms with Crippen LogP contribution in [0.2, 0.25) is 27.2 Å². The SMILES string of the molecule is CCCCCCCCCCCCCCCCO[Si](CC)(CC)Oc1cc(Cl)c(Cl)cc1Cl. The van der Waals surface area contributed by atoms with E-state index in [4.69, 9.17) is 43.7 Å². The van der Waals surface area contributed by atoms with Crippen LogP contribution in [0.15, 0.2) is 12.1 Å². The van der Waals surface area contributed by atoms with Gasteiger partial charge in [-0.2, -0.15) is 0 Å². The summed E-state index contributed by atoms with van der Waals surface area (Å²) in [6.45, 7) is 7.30. The number of hydrogen-bond acceptors (Lipinski definition) is 2. The zero-order valence-electron chi connectivity index (χ0n) is 20.6. The fourth-order valence-corrected chi connectivity index (χ4v) is 6.95. The van der Waals surface area contributed by atoms with E-state index < -0.39 is 8.56 Å². The zero-order valence-corrected chi connectivity index (χ0v) is 23.9. The Kier molecular flexibility index (Phi) is 17.3. The summed E-state index contributed by atoms with van der Waals surface area (Å²) in [5, 5.41) is 1.37. The Morgan fingerprint density at radius 1 is 0.594 bits per heavy atom. The number of unbranched alkanes of at least 4 members (excludes halogenated alkanes) is 13. The number of halogens is 3. The van der Waals surface area contributed by atoms with Gasteiger partial charge in [-0.15, -0.1) is 0 Å². The summed E-state index contributed by atoms with van der Waals surface area (Å²) in [7, 11) is -2.35. The molecule has 1 aromatic carbocycles. The average Bonchev–Trinajstić information content (AvgIpc) is 2.79. The molecule has 0 aliphatic carbocycles. The Morgan fingerprint density at radius 3 is 1.50 bits per heavy atom. The maximum absolute atomic E-state index is 6.35. The molecule has 0 fully saturated rings. The molecular weight excluding hydrogens is 479 g/mol. The summed E-state index contributed by atoms with van der Waals surface area (Å²) in [4.78, 5) is 0. The molecule has 0 N–H and O–H groups in total. The second kappa shape index (κ2) is 18.4. The highest BCUT2D eigenvalue weighted by atomic mass is 35.5. The molecule has 2 nitrogen and oxygen atoms in total. The van der Waals surface area contributed by atoms with Crippen LogP contribution in [0.4, 0.5) is 0 Å². The van der Waals surface area contributed by atoms with Gasteiger partial charge in [0.25, 0.3) is 0 Å². The molecule has 1 rings (SSSR count). The van der Waals surface area contributed by atoms with E-state index in [0.717, 1.165) is 25.1 Å². The average molecular weight is 524 g/mol. The van der Waals surface area contributed by atoms with Crippen LogP contribution in [0, 0.1) is 0 Å². The molecule has 0 bridgehead atoms. The minimum Gasteiger partial charge on any atom is -0.519 e. The fraction of sp³-hybridized carbons (Fsp3) is 0.769. The van der Waals surface area contributed by atoms with Gasteiger partial charge < -0.3 is 8.85 Å². The first-order valence-electron chi connectivity index (χ1n) is 13.0. The number of hydrogen-bond donors (Lipinski definition) is 0. The lowest BCUT2D eigenvalue weighted by Gasteiger charge is -2.30. The predicted octanol–water partition coefficient (Wildman–Crippen LogP) is 11.0. The molecule has 0 amide bonds. The van der Waals surface area contributed by atoms with Gasteiger partial charge in [0.05, 0.1) is 15.1 Å². The van der Waals surface area contributed by atoms with Gasteiger partial charge in [0.2, 0.25) is 0 Å². The maximum atomic E-state index is 6.35. The van der Waals surface area contributed by atoms with Crippen LogP contribution in [0.25, 0.3) is 0 Å². The Labute approximate surface area is 213 Å². The molecule has 0 atom stereocenters. The van der Waals surface area contributed by atoms with Crippen LogP contribution in [-0.4, -0.2) is 15.2 Å². The summed E-state index contributed by atoms with van der Waals surface area (Å²) < 4.78 is 12.7. The van der Waals surface area contributed by atoms with E-state index in [0.29, 0.717) is 20.8 Å². The second-order valence-electron chi connectivity index (χ2n) is 8.86. The first kappa shape index (κ1) is 30.1. The lowest BCUT2D eigenvalue weighted by atomic mass is 10.0. The van der Waals surface area contributed by atoms with Crippen molar-refractivity contribution in [2.45, 2.75) is 123 Å². The quantitative estimate of drug-likeness (QED) is 0.0960. The third-order valence-electron chi connectivity index (χ3n) is 6.21. The molecule has 0 heterocycles. The molecule has 0 spiro atoms. The Morgan fingerprint density at radius 2 is 1.03 bits per heavy atom. The topological polar surface area (TPSA) is 18.5 Å². The third-order valence-corrected chi connectivity index (χ3v) is 10.7. The van der Waals surface area contributed by atoms with Crippen molar-refractivity contribution < 1.29 is 8.85 Å². The Hall–Kier alpha value is 0.0669. The molecule has 0 aliphatic heterocycles. The maximum Gasteiger partial charge on any atom is 0.398 e. The second-order valence-corrected chi connectivity index (χ2v) is 13.8. The van der Waals surface area contributed by atoms with Gasteiger partial charge in [0, 0.05) is 12.7 Å². The standard InChI is InChI=1S/C26H45Cl3O2Si/c1-4-7-8-9-10-11-12-13-14-15-16-17-18-19-20-30-32(5-2,6-3)31-26-22-24(28)23(27)21-25(26)29/h21-22H,4-20H2,1-3H3. The monoisotopic (exact) mass is 522 g/mol. The van der Waals surface area contributed by atoms with E-state index in [1.54, 1.807) is 12.1 Å². The normalized spacial score (nSPS) is 11.8.